The molecule has 2 saturated heterocycles. The average molecular weight is 517 g/mol. The van der Waals surface area contributed by atoms with Gasteiger partial charge < -0.3 is 24.4 Å². The molecule has 6 rings (SSSR count). The van der Waals surface area contributed by atoms with E-state index in [0.717, 1.165) is 49.2 Å². The minimum absolute atomic E-state index is 0.140. The Kier molecular flexibility index (Phi) is 6.31. The first-order chi connectivity index (χ1) is 17.7. The molecule has 7 nitrogen and oxygen atoms in total. The minimum atomic E-state index is -0.144. The zero-order valence-corrected chi connectivity index (χ0v) is 21.1. The summed E-state index contributed by atoms with van der Waals surface area (Å²) in [5, 5.41) is 4.80. The normalized spacial score (nSPS) is 20.0. The van der Waals surface area contributed by atoms with Crippen LogP contribution in [0, 0.1) is 0 Å². The Labute approximate surface area is 220 Å². The summed E-state index contributed by atoms with van der Waals surface area (Å²) in [7, 11) is 0. The van der Waals surface area contributed by atoms with Gasteiger partial charge in [0.05, 0.1) is 30.0 Å². The standard InChI is InChI=1S/C27H25ClN6OS/c28-19-6-11-24(30-18-19)33-13-3-5-23(33)26-25(22-4-1-2-12-29-22)31-27(36)34(26)21-9-7-20(8-10-21)32-14-16-35-17-15-32/h1-13,18,25-26H,14-17H2,(H,31,36). The number of nitrogens with one attached hydrogen (secondary N) is 1. The van der Waals surface area contributed by atoms with Gasteiger partial charge in [-0.3, -0.25) is 4.98 Å². The maximum Gasteiger partial charge on any atom is 0.174 e. The lowest BCUT2D eigenvalue weighted by Gasteiger charge is -2.31. The smallest absolute Gasteiger partial charge is 0.174 e. The molecule has 2 aliphatic heterocycles. The van der Waals surface area contributed by atoms with E-state index in [1.807, 2.05) is 48.8 Å². The van der Waals surface area contributed by atoms with Crippen LogP contribution in [0.3, 0.4) is 0 Å². The Hall–Kier alpha value is -3.46. The van der Waals surface area contributed by atoms with Gasteiger partial charge in [0.25, 0.3) is 0 Å². The summed E-state index contributed by atoms with van der Waals surface area (Å²) >= 11 is 12.0. The van der Waals surface area contributed by atoms with Gasteiger partial charge in [-0.15, -0.1) is 0 Å². The van der Waals surface area contributed by atoms with Crippen molar-refractivity contribution in [3.05, 3.63) is 102 Å². The molecule has 2 fully saturated rings. The number of ether oxygens (including phenoxy) is 1. The summed E-state index contributed by atoms with van der Waals surface area (Å²) in [6, 6.07) is 22.2. The molecular formula is C27H25ClN6OS. The van der Waals surface area contributed by atoms with Gasteiger partial charge in [0, 0.05) is 48.7 Å². The molecule has 2 atom stereocenters. The number of nitrogens with zero attached hydrogens (tertiary/aromatic N) is 5. The highest BCUT2D eigenvalue weighted by Gasteiger charge is 2.42. The number of hydrogen-bond acceptors (Lipinski definition) is 5. The monoisotopic (exact) mass is 516 g/mol. The van der Waals surface area contributed by atoms with E-state index in [-0.39, 0.29) is 12.1 Å². The highest BCUT2D eigenvalue weighted by Crippen LogP contribution is 2.42. The quantitative estimate of drug-likeness (QED) is 0.377. The van der Waals surface area contributed by atoms with Crippen molar-refractivity contribution in [2.45, 2.75) is 12.1 Å². The predicted octanol–water partition coefficient (Wildman–Crippen LogP) is 4.93. The second kappa shape index (κ2) is 9.89. The second-order valence-electron chi connectivity index (χ2n) is 8.75. The molecule has 0 radical (unpaired) electrons. The molecular weight excluding hydrogens is 492 g/mol. The molecule has 2 aliphatic rings. The average Bonchev–Trinajstić information content (AvgIpc) is 3.54. The van der Waals surface area contributed by atoms with Gasteiger partial charge in [-0.2, -0.15) is 0 Å². The lowest BCUT2D eigenvalue weighted by atomic mass is 10.0. The molecule has 1 N–H and O–H groups in total. The van der Waals surface area contributed by atoms with Gasteiger partial charge in [0.1, 0.15) is 11.9 Å². The Balaban J connectivity index is 1.41. The Morgan fingerprint density at radius 3 is 2.44 bits per heavy atom. The van der Waals surface area contributed by atoms with Gasteiger partial charge in [-0.1, -0.05) is 17.7 Å². The fourth-order valence-corrected chi connectivity index (χ4v) is 5.39. The van der Waals surface area contributed by atoms with Crippen LogP contribution in [0.5, 0.6) is 0 Å². The molecule has 9 heteroatoms. The number of pyridine rings is 2. The van der Waals surface area contributed by atoms with Crippen LogP contribution in [0.25, 0.3) is 5.82 Å². The molecule has 1 aromatic carbocycles. The SMILES string of the molecule is S=C1NC(c2ccccn2)C(c2cccn2-c2ccc(Cl)cn2)N1c1ccc(N2CCOCC2)cc1. The molecule has 182 valence electrons. The predicted molar refractivity (Wildman–Crippen MR) is 146 cm³/mol. The first-order valence-corrected chi connectivity index (χ1v) is 12.7. The lowest BCUT2D eigenvalue weighted by Crippen LogP contribution is -2.36. The number of aromatic nitrogens is 3. The van der Waals surface area contributed by atoms with E-state index in [2.05, 4.69) is 60.0 Å². The topological polar surface area (TPSA) is 58.5 Å². The van der Waals surface area contributed by atoms with E-state index in [1.54, 1.807) is 6.20 Å². The van der Waals surface area contributed by atoms with E-state index < -0.39 is 0 Å². The Morgan fingerprint density at radius 2 is 1.72 bits per heavy atom. The highest BCUT2D eigenvalue weighted by molar-refractivity contribution is 7.80. The maximum absolute atomic E-state index is 6.11. The lowest BCUT2D eigenvalue weighted by molar-refractivity contribution is 0.122. The molecule has 3 aromatic heterocycles. The molecule has 0 aliphatic carbocycles. The zero-order valence-electron chi connectivity index (χ0n) is 19.5. The first-order valence-electron chi connectivity index (χ1n) is 11.9. The third-order valence-corrected chi connectivity index (χ3v) is 7.18. The molecule has 4 aromatic rings. The molecule has 0 saturated carbocycles. The van der Waals surface area contributed by atoms with Crippen LogP contribution in [0.2, 0.25) is 5.02 Å². The van der Waals surface area contributed by atoms with Gasteiger partial charge in [0.2, 0.25) is 0 Å². The van der Waals surface area contributed by atoms with E-state index in [1.165, 1.54) is 5.69 Å². The number of halogens is 1. The van der Waals surface area contributed by atoms with Crippen LogP contribution < -0.4 is 15.1 Å². The largest absolute Gasteiger partial charge is 0.378 e. The third-order valence-electron chi connectivity index (χ3n) is 6.64. The van der Waals surface area contributed by atoms with Crippen molar-refractivity contribution in [3.8, 4) is 5.82 Å². The van der Waals surface area contributed by atoms with Crippen molar-refractivity contribution >= 4 is 40.3 Å². The van der Waals surface area contributed by atoms with Crippen molar-refractivity contribution < 1.29 is 4.74 Å². The fourth-order valence-electron chi connectivity index (χ4n) is 4.93. The summed E-state index contributed by atoms with van der Waals surface area (Å²) in [5.41, 5.74) is 4.18. The number of rotatable bonds is 5. The number of thiocarbonyl (C=S) groups is 1. The van der Waals surface area contributed by atoms with Crippen LogP contribution in [0.1, 0.15) is 23.5 Å². The summed E-state index contributed by atoms with van der Waals surface area (Å²) < 4.78 is 7.59. The van der Waals surface area contributed by atoms with Gasteiger partial charge >= 0.3 is 0 Å². The summed E-state index contributed by atoms with van der Waals surface area (Å²) in [5.74, 6) is 0.791. The van der Waals surface area contributed by atoms with Crippen LogP contribution in [0.4, 0.5) is 11.4 Å². The molecule has 2 unspecified atom stereocenters. The fraction of sp³-hybridized carbons (Fsp3) is 0.222. The van der Waals surface area contributed by atoms with Crippen molar-refractivity contribution in [1.82, 2.24) is 19.9 Å². The Bertz CT molecular complexity index is 1340. The highest BCUT2D eigenvalue weighted by atomic mass is 35.5. The Morgan fingerprint density at radius 1 is 0.917 bits per heavy atom. The van der Waals surface area contributed by atoms with Gasteiger partial charge in [-0.25, -0.2) is 4.98 Å². The first kappa shape index (κ1) is 23.0. The van der Waals surface area contributed by atoms with Crippen molar-refractivity contribution in [3.63, 3.8) is 0 Å². The van der Waals surface area contributed by atoms with Crippen LogP contribution in [-0.2, 0) is 4.74 Å². The molecule has 0 spiro atoms. The number of anilines is 2. The van der Waals surface area contributed by atoms with E-state index in [4.69, 9.17) is 28.6 Å². The van der Waals surface area contributed by atoms with Crippen molar-refractivity contribution in [1.29, 1.82) is 0 Å². The van der Waals surface area contributed by atoms with Crippen LogP contribution in [-0.4, -0.2) is 46.0 Å². The maximum atomic E-state index is 6.11. The number of hydrogen-bond donors (Lipinski definition) is 1. The molecule has 0 bridgehead atoms. The third kappa shape index (κ3) is 4.32. The molecule has 0 amide bonds. The van der Waals surface area contributed by atoms with Gasteiger partial charge in [-0.05, 0) is 72.9 Å². The summed E-state index contributed by atoms with van der Waals surface area (Å²) in [6.07, 6.45) is 5.50. The molecule has 5 heterocycles. The van der Waals surface area contributed by atoms with Crippen molar-refractivity contribution in [2.24, 2.45) is 0 Å². The van der Waals surface area contributed by atoms with Gasteiger partial charge in [0.15, 0.2) is 5.11 Å². The summed E-state index contributed by atoms with van der Waals surface area (Å²) in [6.45, 7) is 3.31. The van der Waals surface area contributed by atoms with E-state index in [0.29, 0.717) is 10.1 Å². The summed E-state index contributed by atoms with van der Waals surface area (Å²) in [4.78, 5) is 13.7. The number of benzene rings is 1. The van der Waals surface area contributed by atoms with Crippen LogP contribution in [0.15, 0.2) is 85.3 Å². The van der Waals surface area contributed by atoms with Crippen molar-refractivity contribution in [2.75, 3.05) is 36.1 Å². The van der Waals surface area contributed by atoms with E-state index >= 15 is 0 Å². The van der Waals surface area contributed by atoms with E-state index in [9.17, 15) is 0 Å². The van der Waals surface area contributed by atoms with Crippen LogP contribution >= 0.6 is 23.8 Å². The minimum Gasteiger partial charge on any atom is -0.378 e. The zero-order chi connectivity index (χ0) is 24.5. The second-order valence-corrected chi connectivity index (χ2v) is 9.57. The molecule has 36 heavy (non-hydrogen) atoms. The number of morpholine rings is 1.